The standard InChI is InChI=1S/C20H20N2O4S2/c1-27-10-7-22-15-11-16-17(25-9-8-24-16)12-18(15)28-20(22)21-19(23)13-26-14-5-3-2-4-6-14/h2-6,11-12H,7-10,13H2,1H3. The summed E-state index contributed by atoms with van der Waals surface area (Å²) in [4.78, 5) is 17.4. The third-order valence-electron chi connectivity index (χ3n) is 4.19. The molecule has 2 heterocycles. The van der Waals surface area contributed by atoms with E-state index in [-0.39, 0.29) is 12.5 Å². The quantitative estimate of drug-likeness (QED) is 0.617. The molecule has 0 fully saturated rings. The summed E-state index contributed by atoms with van der Waals surface area (Å²) in [6, 6.07) is 13.2. The Balaban J connectivity index is 1.66. The zero-order valence-electron chi connectivity index (χ0n) is 15.4. The van der Waals surface area contributed by atoms with Crippen LogP contribution in [0, 0.1) is 0 Å². The third kappa shape index (κ3) is 4.18. The van der Waals surface area contributed by atoms with Gasteiger partial charge < -0.3 is 18.8 Å². The lowest BCUT2D eigenvalue weighted by molar-refractivity contribution is -0.120. The Bertz CT molecular complexity index is 1040. The van der Waals surface area contributed by atoms with Crippen molar-refractivity contribution in [1.29, 1.82) is 0 Å². The van der Waals surface area contributed by atoms with Crippen LogP contribution in [0.5, 0.6) is 17.2 Å². The zero-order valence-corrected chi connectivity index (χ0v) is 17.1. The smallest absolute Gasteiger partial charge is 0.286 e. The van der Waals surface area contributed by atoms with Gasteiger partial charge in [0.1, 0.15) is 19.0 Å². The van der Waals surface area contributed by atoms with Crippen LogP contribution < -0.4 is 19.0 Å². The molecule has 0 radical (unpaired) electrons. The minimum atomic E-state index is -0.314. The number of hydrogen-bond donors (Lipinski definition) is 0. The molecule has 146 valence electrons. The molecule has 8 heteroatoms. The lowest BCUT2D eigenvalue weighted by Crippen LogP contribution is -2.20. The number of para-hydroxylation sites is 1. The van der Waals surface area contributed by atoms with Gasteiger partial charge in [0.15, 0.2) is 22.9 Å². The van der Waals surface area contributed by atoms with Crippen molar-refractivity contribution in [3.05, 3.63) is 47.3 Å². The van der Waals surface area contributed by atoms with Crippen molar-refractivity contribution in [2.45, 2.75) is 6.54 Å². The molecule has 0 aliphatic carbocycles. The number of benzene rings is 2. The second-order valence-corrected chi connectivity index (χ2v) is 8.09. The van der Waals surface area contributed by atoms with Crippen molar-refractivity contribution < 1.29 is 19.0 Å². The van der Waals surface area contributed by atoms with Gasteiger partial charge in [0.05, 0.1) is 10.2 Å². The van der Waals surface area contributed by atoms with E-state index in [9.17, 15) is 4.79 Å². The first-order chi connectivity index (χ1) is 13.7. The molecular formula is C20H20N2O4S2. The molecule has 2 aromatic carbocycles. The number of aromatic nitrogens is 1. The van der Waals surface area contributed by atoms with Gasteiger partial charge in [0.2, 0.25) is 0 Å². The topological polar surface area (TPSA) is 62.1 Å². The molecule has 0 N–H and O–H groups in total. The Morgan fingerprint density at radius 3 is 2.71 bits per heavy atom. The average molecular weight is 417 g/mol. The van der Waals surface area contributed by atoms with Gasteiger partial charge in [-0.05, 0) is 18.4 Å². The Morgan fingerprint density at radius 2 is 1.96 bits per heavy atom. The highest BCUT2D eigenvalue weighted by molar-refractivity contribution is 7.98. The van der Waals surface area contributed by atoms with Gasteiger partial charge in [-0.15, -0.1) is 0 Å². The molecule has 0 saturated heterocycles. The van der Waals surface area contributed by atoms with E-state index in [1.54, 1.807) is 11.8 Å². The van der Waals surface area contributed by atoms with Crippen LogP contribution in [0.3, 0.4) is 0 Å². The second kappa shape index (κ2) is 8.70. The number of ether oxygens (including phenoxy) is 3. The van der Waals surface area contributed by atoms with Crippen LogP contribution in [0.2, 0.25) is 0 Å². The van der Waals surface area contributed by atoms with Gasteiger partial charge in [0.25, 0.3) is 5.91 Å². The molecule has 0 bridgehead atoms. The first kappa shape index (κ1) is 18.9. The van der Waals surface area contributed by atoms with Crippen molar-refractivity contribution in [3.63, 3.8) is 0 Å². The number of rotatable bonds is 6. The zero-order chi connectivity index (χ0) is 19.3. The van der Waals surface area contributed by atoms with Crippen LogP contribution in [0.4, 0.5) is 0 Å². The lowest BCUT2D eigenvalue weighted by atomic mass is 10.2. The minimum Gasteiger partial charge on any atom is -0.486 e. The molecule has 1 amide bonds. The van der Waals surface area contributed by atoms with Crippen LogP contribution in [-0.2, 0) is 11.3 Å². The lowest BCUT2D eigenvalue weighted by Gasteiger charge is -2.18. The van der Waals surface area contributed by atoms with Crippen LogP contribution >= 0.6 is 23.1 Å². The van der Waals surface area contributed by atoms with Crippen LogP contribution in [0.1, 0.15) is 0 Å². The molecule has 1 aliphatic heterocycles. The van der Waals surface area contributed by atoms with E-state index < -0.39 is 0 Å². The van der Waals surface area contributed by atoms with E-state index in [1.165, 1.54) is 11.3 Å². The van der Waals surface area contributed by atoms with E-state index in [0.29, 0.717) is 23.8 Å². The van der Waals surface area contributed by atoms with Crippen LogP contribution in [0.25, 0.3) is 10.2 Å². The first-order valence-electron chi connectivity index (χ1n) is 8.92. The largest absolute Gasteiger partial charge is 0.486 e. The monoisotopic (exact) mass is 416 g/mol. The fraction of sp³-hybridized carbons (Fsp3) is 0.300. The summed E-state index contributed by atoms with van der Waals surface area (Å²) in [6.07, 6.45) is 2.06. The highest BCUT2D eigenvalue weighted by Crippen LogP contribution is 2.35. The van der Waals surface area contributed by atoms with Gasteiger partial charge in [-0.1, -0.05) is 29.5 Å². The van der Waals surface area contributed by atoms with Gasteiger partial charge in [-0.25, -0.2) is 0 Å². The van der Waals surface area contributed by atoms with Crippen molar-refractivity contribution in [2.24, 2.45) is 4.99 Å². The van der Waals surface area contributed by atoms with E-state index >= 15 is 0 Å². The molecule has 0 atom stereocenters. The van der Waals surface area contributed by atoms with Crippen molar-refractivity contribution in [3.8, 4) is 17.2 Å². The number of amides is 1. The highest BCUT2D eigenvalue weighted by Gasteiger charge is 2.16. The second-order valence-electron chi connectivity index (χ2n) is 6.10. The molecule has 1 aromatic heterocycles. The number of hydrogen-bond acceptors (Lipinski definition) is 6. The maximum absolute atomic E-state index is 12.4. The molecular weight excluding hydrogens is 396 g/mol. The number of aryl methyl sites for hydroxylation is 1. The summed E-state index contributed by atoms with van der Waals surface area (Å²) in [5, 5.41) is 0. The van der Waals surface area contributed by atoms with Gasteiger partial charge >= 0.3 is 0 Å². The molecule has 4 rings (SSSR count). The summed E-state index contributed by atoms with van der Waals surface area (Å²) in [7, 11) is 0. The number of nitrogens with zero attached hydrogens (tertiary/aromatic N) is 2. The number of carbonyl (C=O) groups excluding carboxylic acids is 1. The fourth-order valence-electron chi connectivity index (χ4n) is 2.89. The average Bonchev–Trinajstić information content (AvgIpc) is 3.05. The Hall–Kier alpha value is -2.45. The molecule has 3 aromatic rings. The predicted molar refractivity (Wildman–Crippen MR) is 112 cm³/mol. The van der Waals surface area contributed by atoms with E-state index in [4.69, 9.17) is 14.2 Å². The number of thiazole rings is 1. The van der Waals surface area contributed by atoms with E-state index in [2.05, 4.69) is 15.8 Å². The highest BCUT2D eigenvalue weighted by atomic mass is 32.2. The summed E-state index contributed by atoms with van der Waals surface area (Å²) in [6.45, 7) is 1.75. The molecule has 28 heavy (non-hydrogen) atoms. The Morgan fingerprint density at radius 1 is 1.21 bits per heavy atom. The Labute approximate surface area is 170 Å². The van der Waals surface area contributed by atoms with Crippen LogP contribution in [0.15, 0.2) is 47.5 Å². The number of fused-ring (bicyclic) bond motifs is 2. The SMILES string of the molecule is CSCCn1c(=NC(=O)COc2ccccc2)sc2cc3c(cc21)OCCO3. The predicted octanol–water partition coefficient (Wildman–Crippen LogP) is 3.34. The van der Waals surface area contributed by atoms with E-state index in [0.717, 1.165) is 34.0 Å². The summed E-state index contributed by atoms with van der Waals surface area (Å²) in [5.41, 5.74) is 0.999. The fourth-order valence-corrected chi connectivity index (χ4v) is 4.34. The minimum absolute atomic E-state index is 0.0937. The van der Waals surface area contributed by atoms with Gasteiger partial charge in [-0.3, -0.25) is 4.79 Å². The van der Waals surface area contributed by atoms with Crippen molar-refractivity contribution in [1.82, 2.24) is 4.57 Å². The molecule has 6 nitrogen and oxygen atoms in total. The molecule has 0 saturated carbocycles. The normalized spacial score (nSPS) is 13.7. The Kier molecular flexibility index (Phi) is 5.87. The van der Waals surface area contributed by atoms with Crippen LogP contribution in [-0.4, -0.2) is 42.3 Å². The van der Waals surface area contributed by atoms with Gasteiger partial charge in [0, 0.05) is 24.4 Å². The first-order valence-corrected chi connectivity index (χ1v) is 11.1. The summed E-state index contributed by atoms with van der Waals surface area (Å²) < 4.78 is 20.0. The molecule has 0 spiro atoms. The summed E-state index contributed by atoms with van der Waals surface area (Å²) >= 11 is 3.22. The number of thioether (sulfide) groups is 1. The summed E-state index contributed by atoms with van der Waals surface area (Å²) in [5.74, 6) is 2.73. The van der Waals surface area contributed by atoms with Crippen molar-refractivity contribution >= 4 is 39.2 Å². The maximum Gasteiger partial charge on any atom is 0.286 e. The molecule has 0 unspecified atom stereocenters. The number of carbonyl (C=O) groups is 1. The van der Waals surface area contributed by atoms with Crippen molar-refractivity contribution in [2.75, 3.05) is 31.8 Å². The third-order valence-corrected chi connectivity index (χ3v) is 5.82. The van der Waals surface area contributed by atoms with Gasteiger partial charge in [-0.2, -0.15) is 16.8 Å². The maximum atomic E-state index is 12.4. The van der Waals surface area contributed by atoms with E-state index in [1.807, 2.05) is 42.5 Å². The molecule has 1 aliphatic rings.